The number of benzene rings is 1. The highest BCUT2D eigenvalue weighted by atomic mass is 16.5. The number of aromatic hydroxyl groups is 2. The number of carbonyl (C=O) groups is 2. The molecule has 0 aliphatic carbocycles. The van der Waals surface area contributed by atoms with E-state index >= 15 is 0 Å². The molecule has 0 fully saturated rings. The van der Waals surface area contributed by atoms with Crippen LogP contribution in [0, 0.1) is 0 Å². The average molecular weight is 266 g/mol. The van der Waals surface area contributed by atoms with Crippen molar-refractivity contribution in [2.75, 3.05) is 13.7 Å². The number of phenols is 2. The Morgan fingerprint density at radius 3 is 2.47 bits per heavy atom. The Morgan fingerprint density at radius 1 is 1.26 bits per heavy atom. The zero-order chi connectivity index (χ0) is 14.4. The second-order valence-electron chi connectivity index (χ2n) is 3.51. The lowest BCUT2D eigenvalue weighted by molar-refractivity contribution is -0.145. The molecule has 0 spiro atoms. The third-order valence-electron chi connectivity index (χ3n) is 2.21. The Hall–Kier alpha value is -2.50. The van der Waals surface area contributed by atoms with Crippen LogP contribution in [-0.2, 0) is 19.1 Å². The lowest BCUT2D eigenvalue weighted by Crippen LogP contribution is -2.17. The van der Waals surface area contributed by atoms with Crippen LogP contribution in [0.5, 0.6) is 11.5 Å². The molecule has 1 aromatic carbocycles. The zero-order valence-corrected chi connectivity index (χ0v) is 10.5. The molecule has 0 aromatic heterocycles. The van der Waals surface area contributed by atoms with Gasteiger partial charge >= 0.3 is 11.9 Å². The molecule has 0 saturated heterocycles. The van der Waals surface area contributed by atoms with Gasteiger partial charge in [-0.3, -0.25) is 0 Å². The topological polar surface area (TPSA) is 93.1 Å². The number of ether oxygens (including phenoxy) is 2. The molecule has 0 unspecified atom stereocenters. The van der Waals surface area contributed by atoms with Crippen molar-refractivity contribution in [2.24, 2.45) is 0 Å². The molecular formula is C13H14O6. The Morgan fingerprint density at radius 2 is 1.95 bits per heavy atom. The van der Waals surface area contributed by atoms with Gasteiger partial charge in [-0.15, -0.1) is 0 Å². The number of hydrogen-bond acceptors (Lipinski definition) is 6. The van der Waals surface area contributed by atoms with Gasteiger partial charge in [0.1, 0.15) is 17.1 Å². The summed E-state index contributed by atoms with van der Waals surface area (Å²) in [6.07, 6.45) is 1.14. The molecule has 6 nitrogen and oxygen atoms in total. The molecule has 0 aliphatic heterocycles. The molecule has 0 radical (unpaired) electrons. The summed E-state index contributed by atoms with van der Waals surface area (Å²) in [5, 5.41) is 18.8. The number of esters is 2. The van der Waals surface area contributed by atoms with E-state index < -0.39 is 11.9 Å². The fraction of sp³-hybridized carbons (Fsp3) is 0.231. The van der Waals surface area contributed by atoms with E-state index in [2.05, 4.69) is 4.74 Å². The molecule has 1 aromatic rings. The molecule has 0 atom stereocenters. The third kappa shape index (κ3) is 3.74. The van der Waals surface area contributed by atoms with Crippen LogP contribution in [0.25, 0.3) is 6.08 Å². The van der Waals surface area contributed by atoms with Crippen molar-refractivity contribution in [2.45, 2.75) is 6.92 Å². The van der Waals surface area contributed by atoms with Gasteiger partial charge < -0.3 is 19.7 Å². The summed E-state index contributed by atoms with van der Waals surface area (Å²) in [5.74, 6) is -2.12. The van der Waals surface area contributed by atoms with Crippen LogP contribution in [0.4, 0.5) is 0 Å². The zero-order valence-electron chi connectivity index (χ0n) is 10.5. The highest BCUT2D eigenvalue weighted by Gasteiger charge is 2.20. The standard InChI is InChI=1S/C13H14O6/c1-3-19-13(17)10(12(16)18-2)6-8-4-5-9(14)7-11(8)15/h4-7,14-15H,3H2,1-2H3. The molecule has 0 saturated carbocycles. The maximum atomic E-state index is 11.6. The number of rotatable bonds is 4. The molecule has 0 aliphatic rings. The summed E-state index contributed by atoms with van der Waals surface area (Å²) < 4.78 is 9.20. The normalized spacial score (nSPS) is 10.9. The van der Waals surface area contributed by atoms with Crippen LogP contribution in [0.15, 0.2) is 23.8 Å². The molecule has 0 amide bonds. The summed E-state index contributed by atoms with van der Waals surface area (Å²) in [6, 6.07) is 3.75. The Labute approximate surface area is 109 Å². The largest absolute Gasteiger partial charge is 0.508 e. The predicted molar refractivity (Wildman–Crippen MR) is 66.4 cm³/mol. The monoisotopic (exact) mass is 266 g/mol. The molecule has 2 N–H and O–H groups in total. The molecule has 0 bridgehead atoms. The third-order valence-corrected chi connectivity index (χ3v) is 2.21. The summed E-state index contributed by atoms with van der Waals surface area (Å²) in [4.78, 5) is 23.1. The van der Waals surface area contributed by atoms with E-state index in [1.807, 2.05) is 0 Å². The van der Waals surface area contributed by atoms with Gasteiger partial charge in [-0.2, -0.15) is 0 Å². The summed E-state index contributed by atoms with van der Waals surface area (Å²) in [5.41, 5.74) is -0.156. The molecule has 1 rings (SSSR count). The van der Waals surface area contributed by atoms with Crippen LogP contribution >= 0.6 is 0 Å². The first kappa shape index (κ1) is 14.6. The Balaban J connectivity index is 3.19. The van der Waals surface area contributed by atoms with Gasteiger partial charge in [0.25, 0.3) is 0 Å². The van der Waals surface area contributed by atoms with Crippen LogP contribution in [0.2, 0.25) is 0 Å². The van der Waals surface area contributed by atoms with Crippen LogP contribution in [0.1, 0.15) is 12.5 Å². The minimum absolute atomic E-state index is 0.106. The minimum atomic E-state index is -0.870. The van der Waals surface area contributed by atoms with Gasteiger partial charge in [-0.25, -0.2) is 9.59 Å². The first-order valence-corrected chi connectivity index (χ1v) is 5.48. The first-order valence-electron chi connectivity index (χ1n) is 5.48. The first-order chi connectivity index (χ1) is 8.99. The van der Waals surface area contributed by atoms with E-state index in [-0.39, 0.29) is 29.2 Å². The maximum Gasteiger partial charge on any atom is 0.345 e. The summed E-state index contributed by atoms with van der Waals surface area (Å²) >= 11 is 0. The second-order valence-corrected chi connectivity index (χ2v) is 3.51. The fourth-order valence-electron chi connectivity index (χ4n) is 1.33. The highest BCUT2D eigenvalue weighted by molar-refractivity contribution is 6.17. The van der Waals surface area contributed by atoms with E-state index in [4.69, 9.17) is 9.84 Å². The van der Waals surface area contributed by atoms with Crippen molar-refractivity contribution < 1.29 is 29.3 Å². The van der Waals surface area contributed by atoms with Crippen LogP contribution in [-0.4, -0.2) is 35.9 Å². The second kappa shape index (κ2) is 6.44. The van der Waals surface area contributed by atoms with E-state index in [1.165, 1.54) is 12.1 Å². The van der Waals surface area contributed by atoms with Crippen molar-refractivity contribution in [3.8, 4) is 11.5 Å². The fourth-order valence-corrected chi connectivity index (χ4v) is 1.33. The molecule has 0 heterocycles. The van der Waals surface area contributed by atoms with Gasteiger partial charge in [0.2, 0.25) is 0 Å². The van der Waals surface area contributed by atoms with Crippen molar-refractivity contribution >= 4 is 18.0 Å². The number of methoxy groups -OCH3 is 1. The molecule has 102 valence electrons. The van der Waals surface area contributed by atoms with Gasteiger partial charge in [0.05, 0.1) is 13.7 Å². The molecular weight excluding hydrogens is 252 g/mol. The van der Waals surface area contributed by atoms with E-state index in [9.17, 15) is 14.7 Å². The predicted octanol–water partition coefficient (Wildman–Crippen LogP) is 1.22. The van der Waals surface area contributed by atoms with E-state index in [0.717, 1.165) is 19.3 Å². The van der Waals surface area contributed by atoms with Crippen molar-refractivity contribution in [1.82, 2.24) is 0 Å². The van der Waals surface area contributed by atoms with Crippen molar-refractivity contribution in [3.63, 3.8) is 0 Å². The van der Waals surface area contributed by atoms with Gasteiger partial charge in [0.15, 0.2) is 0 Å². The van der Waals surface area contributed by atoms with E-state index in [1.54, 1.807) is 6.92 Å². The number of carbonyl (C=O) groups excluding carboxylic acids is 2. The maximum absolute atomic E-state index is 11.6. The van der Waals surface area contributed by atoms with Crippen LogP contribution in [0.3, 0.4) is 0 Å². The van der Waals surface area contributed by atoms with Crippen LogP contribution < -0.4 is 0 Å². The van der Waals surface area contributed by atoms with Gasteiger partial charge in [0, 0.05) is 11.6 Å². The lowest BCUT2D eigenvalue weighted by atomic mass is 10.1. The number of phenolic OH excluding ortho intramolecular Hbond substituents is 2. The minimum Gasteiger partial charge on any atom is -0.508 e. The summed E-state index contributed by atoms with van der Waals surface area (Å²) in [7, 11) is 1.13. The Bertz CT molecular complexity index is 518. The quantitative estimate of drug-likeness (QED) is 0.368. The number of hydrogen-bond donors (Lipinski definition) is 2. The van der Waals surface area contributed by atoms with Gasteiger partial charge in [-0.05, 0) is 25.1 Å². The average Bonchev–Trinajstić information content (AvgIpc) is 2.37. The lowest BCUT2D eigenvalue weighted by Gasteiger charge is -2.06. The summed E-state index contributed by atoms with van der Waals surface area (Å²) in [6.45, 7) is 1.71. The van der Waals surface area contributed by atoms with E-state index in [0.29, 0.717) is 0 Å². The Kier molecular flexibility index (Phi) is 4.93. The molecule has 19 heavy (non-hydrogen) atoms. The highest BCUT2D eigenvalue weighted by Crippen LogP contribution is 2.25. The van der Waals surface area contributed by atoms with Gasteiger partial charge in [-0.1, -0.05) is 0 Å². The van der Waals surface area contributed by atoms with Crippen molar-refractivity contribution in [1.29, 1.82) is 0 Å². The SMILES string of the molecule is CCOC(=O)C(=Cc1ccc(O)cc1O)C(=O)OC. The van der Waals surface area contributed by atoms with Crippen molar-refractivity contribution in [3.05, 3.63) is 29.3 Å². The molecule has 6 heteroatoms. The smallest absolute Gasteiger partial charge is 0.345 e.